The molecule has 0 unspecified atom stereocenters. The van der Waals surface area contributed by atoms with Crippen molar-refractivity contribution in [1.29, 1.82) is 0 Å². The molecule has 2 fully saturated rings. The minimum Gasteiger partial charge on any atom is -0.367 e. The van der Waals surface area contributed by atoms with E-state index >= 15 is 0 Å². The molecule has 2 heterocycles. The molecule has 2 amide bonds. The number of piperazine rings is 1. The lowest BCUT2D eigenvalue weighted by atomic mass is 10.0. The number of hydrogen-bond acceptors (Lipinski definition) is 9. The summed E-state index contributed by atoms with van der Waals surface area (Å²) in [4.78, 5) is 29.7. The number of ether oxygens (including phenoxy) is 1. The quantitative estimate of drug-likeness (QED) is 0.312. The number of imide groups is 1. The Balaban J connectivity index is 0.000000507. The van der Waals surface area contributed by atoms with Crippen molar-refractivity contribution in [3.63, 3.8) is 0 Å². The first-order valence-corrected chi connectivity index (χ1v) is 16.7. The minimum atomic E-state index is -3.67. The first-order valence-electron chi connectivity index (χ1n) is 13.0. The molecule has 0 aliphatic carbocycles. The van der Waals surface area contributed by atoms with Crippen molar-refractivity contribution in [2.75, 3.05) is 64.9 Å². The predicted octanol–water partition coefficient (Wildman–Crippen LogP) is 1.57. The molecule has 0 saturated carbocycles. The van der Waals surface area contributed by atoms with Gasteiger partial charge < -0.3 is 4.74 Å². The van der Waals surface area contributed by atoms with E-state index in [9.17, 15) is 26.4 Å². The van der Waals surface area contributed by atoms with E-state index in [1.807, 2.05) is 12.1 Å². The molecule has 2 aliphatic rings. The lowest BCUT2D eigenvalue weighted by Gasteiger charge is -2.35. The van der Waals surface area contributed by atoms with Crippen LogP contribution in [0, 0.1) is 0 Å². The molecule has 14 heteroatoms. The fourth-order valence-electron chi connectivity index (χ4n) is 4.29. The van der Waals surface area contributed by atoms with Crippen molar-refractivity contribution < 1.29 is 40.3 Å². The molecule has 228 valence electrons. The SMILES string of the molecule is CS(=O)(=O)O.CS(=O)(=O)O.O=C1CCC(=O)N1CCN1CCN(CCOC(c2ccccc2)c2ccccc2)CC1. The van der Waals surface area contributed by atoms with E-state index in [-0.39, 0.29) is 17.9 Å². The lowest BCUT2D eigenvalue weighted by molar-refractivity contribution is -0.138. The summed E-state index contributed by atoms with van der Waals surface area (Å²) in [6.07, 6.45) is 2.12. The van der Waals surface area contributed by atoms with Crippen LogP contribution in [0.25, 0.3) is 0 Å². The highest BCUT2D eigenvalue weighted by Crippen LogP contribution is 2.25. The Morgan fingerprint density at radius 1 is 0.683 bits per heavy atom. The van der Waals surface area contributed by atoms with Gasteiger partial charge in [0.2, 0.25) is 11.8 Å². The van der Waals surface area contributed by atoms with Crippen LogP contribution in [0.4, 0.5) is 0 Å². The van der Waals surface area contributed by atoms with Crippen LogP contribution in [0.3, 0.4) is 0 Å². The molecule has 0 radical (unpaired) electrons. The number of hydrogen-bond donors (Lipinski definition) is 2. The first-order chi connectivity index (χ1) is 19.2. The highest BCUT2D eigenvalue weighted by atomic mass is 32.2. The van der Waals surface area contributed by atoms with E-state index in [1.165, 1.54) is 16.0 Å². The number of likely N-dealkylation sites (tertiary alicyclic amines) is 1. The van der Waals surface area contributed by atoms with Gasteiger partial charge in [-0.2, -0.15) is 16.8 Å². The van der Waals surface area contributed by atoms with Crippen molar-refractivity contribution in [2.24, 2.45) is 0 Å². The Morgan fingerprint density at radius 3 is 1.44 bits per heavy atom. The van der Waals surface area contributed by atoms with Gasteiger partial charge in [0.15, 0.2) is 0 Å². The van der Waals surface area contributed by atoms with Crippen LogP contribution < -0.4 is 0 Å². The number of nitrogens with zero attached hydrogens (tertiary/aromatic N) is 3. The number of rotatable bonds is 9. The number of carbonyl (C=O) groups excluding carboxylic acids is 2. The minimum absolute atomic E-state index is 0.0211. The average molecular weight is 614 g/mol. The van der Waals surface area contributed by atoms with E-state index in [1.54, 1.807) is 0 Å². The number of benzene rings is 2. The second kappa shape index (κ2) is 16.7. The van der Waals surface area contributed by atoms with Crippen LogP contribution in [0.1, 0.15) is 30.1 Å². The molecular formula is C27H39N3O9S2. The number of amides is 2. The molecule has 0 aromatic heterocycles. The van der Waals surface area contributed by atoms with Crippen molar-refractivity contribution >= 4 is 32.1 Å². The molecule has 0 spiro atoms. The van der Waals surface area contributed by atoms with Gasteiger partial charge in [0.1, 0.15) is 6.10 Å². The van der Waals surface area contributed by atoms with E-state index in [4.69, 9.17) is 13.8 Å². The maximum atomic E-state index is 11.8. The van der Waals surface area contributed by atoms with E-state index in [2.05, 4.69) is 58.3 Å². The highest BCUT2D eigenvalue weighted by Gasteiger charge is 2.29. The van der Waals surface area contributed by atoms with Crippen LogP contribution in [0.2, 0.25) is 0 Å². The van der Waals surface area contributed by atoms with Gasteiger partial charge in [-0.1, -0.05) is 60.7 Å². The molecule has 2 saturated heterocycles. The Hall–Kier alpha value is -2.72. The van der Waals surface area contributed by atoms with Gasteiger partial charge in [0, 0.05) is 58.7 Å². The van der Waals surface area contributed by atoms with Gasteiger partial charge >= 0.3 is 0 Å². The lowest BCUT2D eigenvalue weighted by Crippen LogP contribution is -2.49. The summed E-state index contributed by atoms with van der Waals surface area (Å²) in [5, 5.41) is 0. The first kappa shape index (κ1) is 34.5. The average Bonchev–Trinajstić information content (AvgIpc) is 3.22. The largest absolute Gasteiger partial charge is 0.367 e. The topological polar surface area (TPSA) is 162 Å². The highest BCUT2D eigenvalue weighted by molar-refractivity contribution is 7.85. The smallest absolute Gasteiger partial charge is 0.261 e. The summed E-state index contributed by atoms with van der Waals surface area (Å²) in [5.41, 5.74) is 2.34. The summed E-state index contributed by atoms with van der Waals surface area (Å²) < 4.78 is 58.1. The fourth-order valence-corrected chi connectivity index (χ4v) is 4.29. The molecule has 0 bridgehead atoms. The second-order valence-corrected chi connectivity index (χ2v) is 12.6. The molecule has 2 aliphatic heterocycles. The van der Waals surface area contributed by atoms with Crippen molar-refractivity contribution in [2.45, 2.75) is 18.9 Å². The molecular weight excluding hydrogens is 574 g/mol. The summed E-state index contributed by atoms with van der Waals surface area (Å²) >= 11 is 0. The Morgan fingerprint density at radius 2 is 1.05 bits per heavy atom. The number of carbonyl (C=O) groups is 2. The monoisotopic (exact) mass is 613 g/mol. The molecule has 0 atom stereocenters. The van der Waals surface area contributed by atoms with Crippen LogP contribution in [0.15, 0.2) is 60.7 Å². The fraction of sp³-hybridized carbons (Fsp3) is 0.481. The van der Waals surface area contributed by atoms with Gasteiger partial charge in [-0.15, -0.1) is 0 Å². The van der Waals surface area contributed by atoms with Crippen molar-refractivity contribution in [3.05, 3.63) is 71.8 Å². The third kappa shape index (κ3) is 15.2. The van der Waals surface area contributed by atoms with Crippen LogP contribution >= 0.6 is 0 Å². The predicted molar refractivity (Wildman–Crippen MR) is 154 cm³/mol. The molecule has 2 aromatic carbocycles. The van der Waals surface area contributed by atoms with Gasteiger partial charge in [-0.05, 0) is 11.1 Å². The molecule has 12 nitrogen and oxygen atoms in total. The zero-order valence-electron chi connectivity index (χ0n) is 23.3. The van der Waals surface area contributed by atoms with E-state index < -0.39 is 20.2 Å². The van der Waals surface area contributed by atoms with Crippen LogP contribution in [-0.2, 0) is 34.6 Å². The van der Waals surface area contributed by atoms with Gasteiger partial charge in [0.25, 0.3) is 20.2 Å². The summed E-state index contributed by atoms with van der Waals surface area (Å²) in [7, 11) is -7.33. The molecule has 2 aromatic rings. The Kier molecular flexibility index (Phi) is 14.0. The van der Waals surface area contributed by atoms with E-state index in [0.29, 0.717) is 38.5 Å². The van der Waals surface area contributed by atoms with Gasteiger partial charge in [-0.25, -0.2) is 0 Å². The third-order valence-corrected chi connectivity index (χ3v) is 6.16. The van der Waals surface area contributed by atoms with Gasteiger partial charge in [-0.3, -0.25) is 33.4 Å². The molecule has 4 rings (SSSR count). The van der Waals surface area contributed by atoms with Crippen LogP contribution in [0.5, 0.6) is 0 Å². The Labute approximate surface area is 242 Å². The zero-order valence-corrected chi connectivity index (χ0v) is 25.0. The van der Waals surface area contributed by atoms with E-state index in [0.717, 1.165) is 39.3 Å². The summed E-state index contributed by atoms with van der Waals surface area (Å²) in [5.74, 6) is -0.0423. The Bertz CT molecular complexity index is 1200. The van der Waals surface area contributed by atoms with Crippen LogP contribution in [-0.4, -0.2) is 117 Å². The summed E-state index contributed by atoms with van der Waals surface area (Å²) in [6, 6.07) is 20.7. The van der Waals surface area contributed by atoms with Crippen molar-refractivity contribution in [1.82, 2.24) is 14.7 Å². The summed E-state index contributed by atoms with van der Waals surface area (Å²) in [6.45, 7) is 6.73. The van der Waals surface area contributed by atoms with Gasteiger partial charge in [0.05, 0.1) is 19.1 Å². The standard InChI is InChI=1S/C25H31N3O3.2CH4O3S/c29-23-11-12-24(30)28(23)18-17-26-13-15-27(16-14-26)19-20-31-25(21-7-3-1-4-8-21)22-9-5-2-6-10-22;2*1-5(2,3)4/h1-10,25H,11-20H2;2*1H3,(H,2,3,4). The third-order valence-electron chi connectivity index (χ3n) is 6.16. The second-order valence-electron chi connectivity index (χ2n) is 9.66. The normalized spacial score (nSPS) is 16.7. The molecule has 2 N–H and O–H groups in total. The zero-order chi connectivity index (χ0) is 30.5. The maximum Gasteiger partial charge on any atom is 0.261 e. The molecule has 41 heavy (non-hydrogen) atoms. The van der Waals surface area contributed by atoms with Crippen molar-refractivity contribution in [3.8, 4) is 0 Å². The maximum absolute atomic E-state index is 11.8.